The molecule has 10 nitrogen and oxygen atoms in total. The second kappa shape index (κ2) is 12.0. The first-order valence-corrected chi connectivity index (χ1v) is 9.83. The van der Waals surface area contributed by atoms with Crippen molar-refractivity contribution < 1.29 is 24.5 Å². The van der Waals surface area contributed by atoms with Gasteiger partial charge in [0, 0.05) is 57.7 Å². The highest BCUT2D eigenvalue weighted by molar-refractivity contribution is 5.89. The number of likely N-dealkylation sites (N-methyl/N-ethyl adjacent to an activating group) is 1. The van der Waals surface area contributed by atoms with Crippen molar-refractivity contribution in [2.24, 2.45) is 0 Å². The van der Waals surface area contributed by atoms with Gasteiger partial charge in [-0.05, 0) is 26.1 Å². The van der Waals surface area contributed by atoms with Crippen LogP contribution in [0.3, 0.4) is 0 Å². The zero-order chi connectivity index (χ0) is 21.9. The third kappa shape index (κ3) is 7.54. The first-order valence-electron chi connectivity index (χ1n) is 9.83. The summed E-state index contributed by atoms with van der Waals surface area (Å²) in [5.74, 6) is -1.42. The SMILES string of the molecule is CCOCCn1c(CN2CCN(C)CC2)nc2cccnc21.O=C(O)C=CC(=O)O. The molecule has 0 amide bonds. The van der Waals surface area contributed by atoms with Crippen LogP contribution in [0.25, 0.3) is 11.2 Å². The van der Waals surface area contributed by atoms with Gasteiger partial charge in [0.2, 0.25) is 0 Å². The van der Waals surface area contributed by atoms with Crippen molar-refractivity contribution in [3.8, 4) is 0 Å². The van der Waals surface area contributed by atoms with Crippen LogP contribution in [0.15, 0.2) is 30.5 Å². The van der Waals surface area contributed by atoms with Crippen LogP contribution in [0.2, 0.25) is 0 Å². The summed E-state index contributed by atoms with van der Waals surface area (Å²) >= 11 is 0. The van der Waals surface area contributed by atoms with Crippen molar-refractivity contribution in [3.05, 3.63) is 36.3 Å². The minimum absolute atomic E-state index is 0.558. The molecule has 0 atom stereocenters. The molecule has 3 rings (SSSR count). The van der Waals surface area contributed by atoms with Crippen LogP contribution >= 0.6 is 0 Å². The number of ether oxygens (including phenoxy) is 1. The van der Waals surface area contributed by atoms with Crippen molar-refractivity contribution in [1.29, 1.82) is 0 Å². The lowest BCUT2D eigenvalue weighted by atomic mass is 10.3. The summed E-state index contributed by atoms with van der Waals surface area (Å²) in [6.45, 7) is 9.60. The third-order valence-corrected chi connectivity index (χ3v) is 4.58. The molecule has 2 aromatic rings. The van der Waals surface area contributed by atoms with Gasteiger partial charge >= 0.3 is 11.9 Å². The number of carbonyl (C=O) groups is 2. The molecule has 0 unspecified atom stereocenters. The van der Waals surface area contributed by atoms with Crippen LogP contribution in [0.1, 0.15) is 12.7 Å². The molecule has 2 aromatic heterocycles. The molecule has 1 fully saturated rings. The number of nitrogens with zero attached hydrogens (tertiary/aromatic N) is 5. The van der Waals surface area contributed by atoms with Crippen LogP contribution in [-0.2, 0) is 27.4 Å². The van der Waals surface area contributed by atoms with Crippen LogP contribution in [0.4, 0.5) is 0 Å². The molecule has 0 aromatic carbocycles. The van der Waals surface area contributed by atoms with Gasteiger partial charge in [-0.15, -0.1) is 0 Å². The fraction of sp³-hybridized carbons (Fsp3) is 0.500. The van der Waals surface area contributed by atoms with E-state index >= 15 is 0 Å². The molecule has 0 spiro atoms. The molecule has 3 heterocycles. The van der Waals surface area contributed by atoms with Gasteiger partial charge in [-0.1, -0.05) is 0 Å². The highest BCUT2D eigenvalue weighted by Gasteiger charge is 2.18. The van der Waals surface area contributed by atoms with E-state index < -0.39 is 11.9 Å². The largest absolute Gasteiger partial charge is 0.478 e. The Kier molecular flexibility index (Phi) is 9.39. The minimum atomic E-state index is -1.26. The summed E-state index contributed by atoms with van der Waals surface area (Å²) in [5.41, 5.74) is 1.94. The van der Waals surface area contributed by atoms with Crippen LogP contribution in [0, 0.1) is 0 Å². The molecule has 164 valence electrons. The molecule has 1 aliphatic rings. The molecule has 30 heavy (non-hydrogen) atoms. The molecular formula is C20H29N5O5. The van der Waals surface area contributed by atoms with Gasteiger partial charge in [0.15, 0.2) is 5.65 Å². The van der Waals surface area contributed by atoms with Crippen molar-refractivity contribution >= 4 is 23.1 Å². The van der Waals surface area contributed by atoms with E-state index in [0.29, 0.717) is 18.8 Å². The van der Waals surface area contributed by atoms with Crippen molar-refractivity contribution in [3.63, 3.8) is 0 Å². The average molecular weight is 419 g/mol. The Bertz CT molecular complexity index is 842. The second-order valence-corrected chi connectivity index (χ2v) is 6.81. The molecule has 0 aliphatic carbocycles. The van der Waals surface area contributed by atoms with Gasteiger partial charge in [-0.3, -0.25) is 4.90 Å². The van der Waals surface area contributed by atoms with Gasteiger partial charge in [0.05, 0.1) is 13.2 Å². The van der Waals surface area contributed by atoms with Gasteiger partial charge in [-0.25, -0.2) is 19.6 Å². The number of rotatable bonds is 8. The van der Waals surface area contributed by atoms with Gasteiger partial charge in [-0.2, -0.15) is 0 Å². The first kappa shape index (κ1) is 23.5. The highest BCUT2D eigenvalue weighted by Crippen LogP contribution is 2.16. The molecule has 0 bridgehead atoms. The van der Waals surface area contributed by atoms with Crippen LogP contribution in [-0.4, -0.2) is 92.9 Å². The molecular weight excluding hydrogens is 390 g/mol. The predicted octanol–water partition coefficient (Wildman–Crippen LogP) is 0.927. The Hall–Kier alpha value is -2.82. The van der Waals surface area contributed by atoms with Gasteiger partial charge < -0.3 is 24.4 Å². The smallest absolute Gasteiger partial charge is 0.328 e. The predicted molar refractivity (Wildman–Crippen MR) is 111 cm³/mol. The number of hydrogen-bond donors (Lipinski definition) is 2. The van der Waals surface area contributed by atoms with Crippen molar-refractivity contribution in [2.45, 2.75) is 20.0 Å². The average Bonchev–Trinajstić information content (AvgIpc) is 3.06. The van der Waals surface area contributed by atoms with Gasteiger partial charge in [0.1, 0.15) is 11.3 Å². The summed E-state index contributed by atoms with van der Waals surface area (Å²) < 4.78 is 7.73. The number of pyridine rings is 1. The number of aromatic nitrogens is 3. The van der Waals surface area contributed by atoms with Crippen LogP contribution < -0.4 is 0 Å². The number of imidazole rings is 1. The summed E-state index contributed by atoms with van der Waals surface area (Å²) in [4.78, 5) is 33.2. The van der Waals surface area contributed by atoms with E-state index in [0.717, 1.165) is 62.9 Å². The van der Waals surface area contributed by atoms with E-state index in [2.05, 4.69) is 26.4 Å². The maximum Gasteiger partial charge on any atom is 0.328 e. The number of carboxylic acids is 2. The monoisotopic (exact) mass is 419 g/mol. The molecule has 1 aliphatic heterocycles. The number of carboxylic acid groups (broad SMARTS) is 2. The van der Waals surface area contributed by atoms with E-state index in [4.69, 9.17) is 19.9 Å². The lowest BCUT2D eigenvalue weighted by Crippen LogP contribution is -2.44. The van der Waals surface area contributed by atoms with E-state index in [-0.39, 0.29) is 0 Å². The quantitative estimate of drug-likeness (QED) is 0.475. The molecule has 0 saturated carbocycles. The third-order valence-electron chi connectivity index (χ3n) is 4.58. The number of hydrogen-bond acceptors (Lipinski definition) is 7. The maximum absolute atomic E-state index is 9.55. The number of fused-ring (bicyclic) bond motifs is 1. The fourth-order valence-corrected chi connectivity index (χ4v) is 3.01. The first-order chi connectivity index (χ1) is 14.4. The van der Waals surface area contributed by atoms with Crippen LogP contribution in [0.5, 0.6) is 0 Å². The summed E-state index contributed by atoms with van der Waals surface area (Å²) in [6.07, 6.45) is 2.95. The maximum atomic E-state index is 9.55. The minimum Gasteiger partial charge on any atom is -0.478 e. The standard InChI is InChI=1S/C16H25N5O.C4H4O4/c1-3-22-12-11-21-15(13-20-9-7-19(2)8-10-20)18-14-5-4-6-17-16(14)21;5-3(6)1-2-4(7)8/h4-6H,3,7-13H2,1-2H3;1-2H,(H,5,6)(H,7,8). The molecule has 2 N–H and O–H groups in total. The van der Waals surface area contributed by atoms with Gasteiger partial charge in [0.25, 0.3) is 0 Å². The zero-order valence-corrected chi connectivity index (χ0v) is 17.4. The number of piperazine rings is 1. The zero-order valence-electron chi connectivity index (χ0n) is 17.4. The number of aliphatic carboxylic acids is 2. The van der Waals surface area contributed by atoms with E-state index in [1.165, 1.54) is 0 Å². The fourth-order valence-electron chi connectivity index (χ4n) is 3.01. The summed E-state index contributed by atoms with van der Waals surface area (Å²) in [7, 11) is 2.18. The molecule has 0 radical (unpaired) electrons. The Morgan fingerprint density at radius 2 is 1.83 bits per heavy atom. The van der Waals surface area contributed by atoms with E-state index in [1.54, 1.807) is 0 Å². The molecule has 1 saturated heterocycles. The van der Waals surface area contributed by atoms with E-state index in [9.17, 15) is 9.59 Å². The Labute approximate surface area is 175 Å². The topological polar surface area (TPSA) is 121 Å². The lowest BCUT2D eigenvalue weighted by Gasteiger charge is -2.32. The lowest BCUT2D eigenvalue weighted by molar-refractivity contribution is -0.134. The Morgan fingerprint density at radius 1 is 1.17 bits per heavy atom. The normalized spacial score (nSPS) is 15.3. The summed E-state index contributed by atoms with van der Waals surface area (Å²) in [5, 5.41) is 15.6. The van der Waals surface area contributed by atoms with Crippen molar-refractivity contribution in [1.82, 2.24) is 24.3 Å². The Balaban J connectivity index is 0.000000343. The highest BCUT2D eigenvalue weighted by atomic mass is 16.5. The van der Waals surface area contributed by atoms with Crippen molar-refractivity contribution in [2.75, 3.05) is 46.4 Å². The van der Waals surface area contributed by atoms with E-state index in [1.807, 2.05) is 25.3 Å². The Morgan fingerprint density at radius 3 is 2.43 bits per heavy atom. The summed E-state index contributed by atoms with van der Waals surface area (Å²) in [6, 6.07) is 3.98. The molecule has 10 heteroatoms. The second-order valence-electron chi connectivity index (χ2n) is 6.81.